The molecule has 2 aromatic carbocycles. The first-order valence-corrected chi connectivity index (χ1v) is 11.7. The van der Waals surface area contributed by atoms with Crippen molar-refractivity contribution in [3.8, 4) is 5.75 Å². The molecule has 0 fully saturated rings. The summed E-state index contributed by atoms with van der Waals surface area (Å²) in [7, 11) is 2.96. The Labute approximate surface area is 203 Å². The lowest BCUT2D eigenvalue weighted by Crippen LogP contribution is -2.21. The number of hydrogen-bond acceptors (Lipinski definition) is 6. The van der Waals surface area contributed by atoms with Crippen LogP contribution < -0.4 is 4.74 Å². The Hall–Kier alpha value is -3.03. The van der Waals surface area contributed by atoms with Crippen molar-refractivity contribution >= 4 is 23.1 Å². The van der Waals surface area contributed by atoms with E-state index in [-0.39, 0.29) is 10.7 Å². The predicted octanol–water partition coefficient (Wildman–Crippen LogP) is 6.06. The molecule has 34 heavy (non-hydrogen) atoms. The summed E-state index contributed by atoms with van der Waals surface area (Å²) in [6.45, 7) is 5.90. The molecule has 0 radical (unpaired) electrons. The highest BCUT2D eigenvalue weighted by Crippen LogP contribution is 2.39. The van der Waals surface area contributed by atoms with E-state index in [1.54, 1.807) is 14.0 Å². The van der Waals surface area contributed by atoms with Crippen LogP contribution in [0.25, 0.3) is 0 Å². The Balaban J connectivity index is 1.87. The van der Waals surface area contributed by atoms with Gasteiger partial charge in [0.1, 0.15) is 16.4 Å². The van der Waals surface area contributed by atoms with Crippen LogP contribution in [0.5, 0.6) is 5.75 Å². The molecule has 0 saturated carbocycles. The third kappa shape index (κ3) is 5.90. The van der Waals surface area contributed by atoms with Crippen molar-refractivity contribution in [1.82, 2.24) is 0 Å². The molecule has 3 rings (SSSR count). The summed E-state index contributed by atoms with van der Waals surface area (Å²) in [5.74, 6) is -1.55. The van der Waals surface area contributed by atoms with Crippen LogP contribution in [0.3, 0.4) is 0 Å². The Kier molecular flexibility index (Phi) is 8.58. The van der Waals surface area contributed by atoms with E-state index in [1.807, 2.05) is 49.4 Å². The molecular weight excluding hydrogens is 455 g/mol. The summed E-state index contributed by atoms with van der Waals surface area (Å²) in [5, 5.41) is 0. The van der Waals surface area contributed by atoms with Crippen molar-refractivity contribution in [3.63, 3.8) is 0 Å². The van der Waals surface area contributed by atoms with Gasteiger partial charge in [0.25, 0.3) is 0 Å². The lowest BCUT2D eigenvalue weighted by atomic mass is 9.84. The fourth-order valence-corrected chi connectivity index (χ4v) is 5.01. The molecule has 180 valence electrons. The van der Waals surface area contributed by atoms with Crippen LogP contribution in [0.4, 0.5) is 4.39 Å². The van der Waals surface area contributed by atoms with E-state index in [9.17, 15) is 14.0 Å². The summed E-state index contributed by atoms with van der Waals surface area (Å²) >= 11 is 1.08. The van der Waals surface area contributed by atoms with Gasteiger partial charge >= 0.3 is 5.97 Å². The minimum Gasteiger partial charge on any atom is -0.497 e. The van der Waals surface area contributed by atoms with Gasteiger partial charge in [-0.15, -0.1) is 11.3 Å². The fraction of sp³-hybridized carbons (Fsp3) is 0.333. The zero-order chi connectivity index (χ0) is 24.8. The molecule has 0 aliphatic carbocycles. The minimum atomic E-state index is -0.571. The molecule has 0 aliphatic rings. The van der Waals surface area contributed by atoms with Crippen molar-refractivity contribution < 1.29 is 28.2 Å². The van der Waals surface area contributed by atoms with Gasteiger partial charge in [0.05, 0.1) is 33.4 Å². The molecule has 2 unspecified atom stereocenters. The van der Waals surface area contributed by atoms with Gasteiger partial charge in [-0.05, 0) is 47.4 Å². The van der Waals surface area contributed by atoms with Crippen LogP contribution in [0.1, 0.15) is 56.6 Å². The number of carbonyl (C=O) groups excluding carboxylic acids is 2. The van der Waals surface area contributed by atoms with E-state index in [0.717, 1.165) is 39.3 Å². The number of hydrogen-bond donors (Lipinski definition) is 0. The molecule has 0 saturated heterocycles. The molecule has 0 aliphatic heterocycles. The third-order valence-corrected chi connectivity index (χ3v) is 7.12. The van der Waals surface area contributed by atoms with Crippen LogP contribution in [0.15, 0.2) is 48.5 Å². The van der Waals surface area contributed by atoms with E-state index in [1.165, 1.54) is 20.1 Å². The smallest absolute Gasteiger partial charge is 0.309 e. The van der Waals surface area contributed by atoms with E-state index < -0.39 is 23.6 Å². The maximum Gasteiger partial charge on any atom is 0.309 e. The zero-order valence-electron chi connectivity index (χ0n) is 20.0. The quantitative estimate of drug-likeness (QED) is 0.258. The number of Topliss-reactive ketones (excluding diaryl/α,β-unsaturated/α-hetero) is 1. The van der Waals surface area contributed by atoms with E-state index in [2.05, 4.69) is 0 Å². The number of rotatable bonds is 10. The number of thiophene rings is 1. The number of aryl methyl sites for hydroxylation is 1. The number of carbonyl (C=O) groups is 2. The number of ether oxygens (including phenoxy) is 3. The monoisotopic (exact) mass is 484 g/mol. The second-order valence-electron chi connectivity index (χ2n) is 8.20. The molecule has 7 heteroatoms. The number of methoxy groups -OCH3 is 2. The van der Waals surface area contributed by atoms with Crippen molar-refractivity contribution in [2.45, 2.75) is 39.9 Å². The number of esters is 1. The first-order valence-electron chi connectivity index (χ1n) is 10.9. The lowest BCUT2D eigenvalue weighted by molar-refractivity contribution is -0.145. The summed E-state index contributed by atoms with van der Waals surface area (Å²) in [5.41, 5.74) is 3.88. The van der Waals surface area contributed by atoms with Crippen LogP contribution in [-0.2, 0) is 27.5 Å². The number of benzene rings is 2. The van der Waals surface area contributed by atoms with Gasteiger partial charge < -0.3 is 14.2 Å². The average Bonchev–Trinajstić information content (AvgIpc) is 3.22. The fourth-order valence-electron chi connectivity index (χ4n) is 3.84. The highest BCUT2D eigenvalue weighted by Gasteiger charge is 2.31. The van der Waals surface area contributed by atoms with E-state index >= 15 is 0 Å². The van der Waals surface area contributed by atoms with Gasteiger partial charge in [-0.2, -0.15) is 0 Å². The molecular formula is C27H29FO5S. The SMILES string of the molecule is COC(=O)C(C)C(c1ccc(C)c(COCc2ccc(OC)cc2)c1)c1cc(F)c(C(C)=O)s1. The average molecular weight is 485 g/mol. The van der Waals surface area contributed by atoms with Crippen LogP contribution in [-0.4, -0.2) is 26.0 Å². The van der Waals surface area contributed by atoms with Gasteiger partial charge in [0.2, 0.25) is 0 Å². The zero-order valence-corrected chi connectivity index (χ0v) is 20.8. The molecule has 0 N–H and O–H groups in total. The van der Waals surface area contributed by atoms with Gasteiger partial charge in [-0.1, -0.05) is 37.3 Å². The van der Waals surface area contributed by atoms with Gasteiger partial charge in [-0.3, -0.25) is 9.59 Å². The standard InChI is InChI=1S/C27H29FO5S/c1-16-6-9-20(12-21(16)15-33-14-19-7-10-22(31-4)11-8-19)25(17(2)27(30)32-5)24-13-23(28)26(34-24)18(3)29/h6-13,17,25H,14-15H2,1-5H3. The van der Waals surface area contributed by atoms with Crippen molar-refractivity contribution in [1.29, 1.82) is 0 Å². The first-order chi connectivity index (χ1) is 16.2. The van der Waals surface area contributed by atoms with Gasteiger partial charge in [-0.25, -0.2) is 4.39 Å². The number of ketones is 1. The lowest BCUT2D eigenvalue weighted by Gasteiger charge is -2.23. The molecule has 1 aromatic heterocycles. The summed E-state index contributed by atoms with van der Waals surface area (Å²) in [6.07, 6.45) is 0. The highest BCUT2D eigenvalue weighted by molar-refractivity contribution is 7.14. The Bertz CT molecular complexity index is 1150. The molecule has 0 amide bonds. The largest absolute Gasteiger partial charge is 0.497 e. The van der Waals surface area contributed by atoms with Crippen LogP contribution in [0.2, 0.25) is 0 Å². The summed E-state index contributed by atoms with van der Waals surface area (Å²) in [4.78, 5) is 24.9. The molecule has 2 atom stereocenters. The maximum absolute atomic E-state index is 14.4. The molecule has 0 bridgehead atoms. The minimum absolute atomic E-state index is 0.0622. The topological polar surface area (TPSA) is 61.8 Å². The molecule has 3 aromatic rings. The van der Waals surface area contributed by atoms with Gasteiger partial charge in [0.15, 0.2) is 5.78 Å². The second-order valence-corrected chi connectivity index (χ2v) is 9.28. The molecule has 1 heterocycles. The maximum atomic E-state index is 14.4. The first kappa shape index (κ1) is 25.6. The second kappa shape index (κ2) is 11.4. The predicted molar refractivity (Wildman–Crippen MR) is 130 cm³/mol. The van der Waals surface area contributed by atoms with Crippen molar-refractivity contribution in [2.24, 2.45) is 5.92 Å². The summed E-state index contributed by atoms with van der Waals surface area (Å²) in [6, 6.07) is 14.9. The molecule has 0 spiro atoms. The normalized spacial score (nSPS) is 12.8. The van der Waals surface area contributed by atoms with Crippen LogP contribution >= 0.6 is 11.3 Å². The summed E-state index contributed by atoms with van der Waals surface area (Å²) < 4.78 is 30.6. The van der Waals surface area contributed by atoms with Crippen molar-refractivity contribution in [2.75, 3.05) is 14.2 Å². The Morgan fingerprint density at radius 1 is 1.03 bits per heavy atom. The highest BCUT2D eigenvalue weighted by atomic mass is 32.1. The van der Waals surface area contributed by atoms with E-state index in [0.29, 0.717) is 18.1 Å². The number of halogens is 1. The van der Waals surface area contributed by atoms with Crippen LogP contribution in [0, 0.1) is 18.7 Å². The Morgan fingerprint density at radius 3 is 2.32 bits per heavy atom. The van der Waals surface area contributed by atoms with Crippen molar-refractivity contribution in [3.05, 3.63) is 86.4 Å². The van der Waals surface area contributed by atoms with E-state index in [4.69, 9.17) is 14.2 Å². The third-order valence-electron chi connectivity index (χ3n) is 5.82. The Morgan fingerprint density at radius 2 is 1.74 bits per heavy atom. The molecule has 5 nitrogen and oxygen atoms in total. The van der Waals surface area contributed by atoms with Gasteiger partial charge in [0, 0.05) is 17.7 Å².